The van der Waals surface area contributed by atoms with E-state index in [0.717, 1.165) is 5.75 Å². The molecule has 0 aliphatic heterocycles. The van der Waals surface area contributed by atoms with Crippen molar-refractivity contribution in [2.24, 2.45) is 0 Å². The van der Waals surface area contributed by atoms with Gasteiger partial charge in [0.2, 0.25) is 11.8 Å². The highest BCUT2D eigenvalue weighted by molar-refractivity contribution is 14.2. The summed E-state index contributed by atoms with van der Waals surface area (Å²) in [6.45, 7) is 2.55. The van der Waals surface area contributed by atoms with E-state index in [2.05, 4.69) is 52.3 Å². The van der Waals surface area contributed by atoms with Crippen molar-refractivity contribution in [2.75, 3.05) is 37.4 Å². The first-order chi connectivity index (χ1) is 19.9. The van der Waals surface area contributed by atoms with Crippen LogP contribution >= 0.6 is 69.6 Å². The molecular weight excluding hydrogens is 769 g/mol. The van der Waals surface area contributed by atoms with E-state index in [-0.39, 0.29) is 19.0 Å². The van der Waals surface area contributed by atoms with Crippen LogP contribution < -0.4 is 13.8 Å². The molecule has 0 unspecified atom stereocenters. The van der Waals surface area contributed by atoms with Crippen LogP contribution in [-0.2, 0) is 16.0 Å². The van der Waals surface area contributed by atoms with Gasteiger partial charge >= 0.3 is 5.97 Å². The Morgan fingerprint density at radius 2 is 1.98 bits per heavy atom. The lowest BCUT2D eigenvalue weighted by atomic mass is 10.2. The van der Waals surface area contributed by atoms with Crippen LogP contribution in [-0.4, -0.2) is 64.1 Å². The smallest absolute Gasteiger partial charge is 0.321 e. The van der Waals surface area contributed by atoms with Crippen molar-refractivity contribution in [3.63, 3.8) is 0 Å². The van der Waals surface area contributed by atoms with Gasteiger partial charge in [0.15, 0.2) is 5.76 Å². The normalized spacial score (nSPS) is 11.8. The Balaban J connectivity index is 1.85. The maximum absolute atomic E-state index is 13.3. The summed E-state index contributed by atoms with van der Waals surface area (Å²) in [5.41, 5.74) is 1.26. The number of anilines is 1. The van der Waals surface area contributed by atoms with Crippen molar-refractivity contribution in [3.05, 3.63) is 64.0 Å². The van der Waals surface area contributed by atoms with Gasteiger partial charge in [0, 0.05) is 29.4 Å². The number of carbonyl (C=O) groups excluding carboxylic acids is 1. The molecule has 0 N–H and O–H groups in total. The van der Waals surface area contributed by atoms with Crippen molar-refractivity contribution in [1.82, 2.24) is 19.7 Å². The average molecular weight is 795 g/mol. The molecule has 0 bridgehead atoms. The summed E-state index contributed by atoms with van der Waals surface area (Å²) in [4.78, 5) is 17.7. The predicted octanol–water partition coefficient (Wildman–Crippen LogP) is 7.07. The fourth-order valence-corrected chi connectivity index (χ4v) is 6.76. The molecule has 41 heavy (non-hydrogen) atoms. The number of carbonyl (C=O) groups is 1. The largest absolute Gasteiger partial charge is 0.494 e. The Kier molecular flexibility index (Phi) is 11.9. The van der Waals surface area contributed by atoms with Gasteiger partial charge in [-0.3, -0.25) is 18.7 Å². The standard InChI is InChI=1S/C26H26BrClIN5O5S2/c1-4-38-25(35)22(14-18-17(27)13-16(28)15-30-18)41-33(10-12-40-29)26-32-31-24(21-9-6-11-39-21)34(26)23-19(36-2)7-5-8-20(23)37-3/h5-9,11,13,15,22H,4,10,12,14H2,1-3H3/t22-/m1/s1. The predicted molar refractivity (Wildman–Crippen MR) is 175 cm³/mol. The minimum Gasteiger partial charge on any atom is -0.494 e. The molecule has 0 saturated heterocycles. The molecule has 10 nitrogen and oxygen atoms in total. The van der Waals surface area contributed by atoms with E-state index in [0.29, 0.717) is 56.5 Å². The Morgan fingerprint density at radius 3 is 2.59 bits per heavy atom. The van der Waals surface area contributed by atoms with Gasteiger partial charge in [-0.05, 0) is 86.3 Å². The number of ether oxygens (including phenoxy) is 3. The number of halogens is 3. The third-order valence-electron chi connectivity index (χ3n) is 5.67. The highest BCUT2D eigenvalue weighted by atomic mass is 127. The molecule has 15 heteroatoms. The summed E-state index contributed by atoms with van der Waals surface area (Å²) in [7, 11) is 4.81. The van der Waals surface area contributed by atoms with Gasteiger partial charge in [-0.25, -0.2) is 0 Å². The Hall–Kier alpha value is -2.14. The minimum absolute atomic E-state index is 0.242. The molecule has 0 aliphatic carbocycles. The number of esters is 1. The molecule has 3 heterocycles. The maximum atomic E-state index is 13.3. The summed E-state index contributed by atoms with van der Waals surface area (Å²) >= 11 is 13.2. The number of rotatable bonds is 14. The number of hydrogen-bond donors (Lipinski definition) is 0. The van der Waals surface area contributed by atoms with Crippen LogP contribution in [0.15, 0.2) is 57.7 Å². The van der Waals surface area contributed by atoms with Crippen molar-refractivity contribution in [1.29, 1.82) is 0 Å². The first-order valence-corrected chi connectivity index (χ1v) is 17.8. The van der Waals surface area contributed by atoms with Crippen LogP contribution in [0.5, 0.6) is 11.5 Å². The molecule has 4 aromatic rings. The van der Waals surface area contributed by atoms with Crippen LogP contribution in [0.1, 0.15) is 12.6 Å². The topological polar surface area (TPSA) is 105 Å². The Bertz CT molecular complexity index is 1440. The summed E-state index contributed by atoms with van der Waals surface area (Å²) in [5.74, 6) is 2.84. The molecule has 1 atom stereocenters. The highest BCUT2D eigenvalue weighted by Gasteiger charge is 2.32. The third-order valence-corrected chi connectivity index (χ3v) is 9.44. The first kappa shape index (κ1) is 31.8. The number of para-hydroxylation sites is 1. The second-order valence-electron chi connectivity index (χ2n) is 8.20. The summed E-state index contributed by atoms with van der Waals surface area (Å²) in [6.07, 6.45) is 3.41. The van der Waals surface area contributed by atoms with Crippen LogP contribution in [0.3, 0.4) is 0 Å². The van der Waals surface area contributed by atoms with Gasteiger partial charge < -0.3 is 18.6 Å². The van der Waals surface area contributed by atoms with Gasteiger partial charge in [0.05, 0.1) is 37.8 Å². The van der Waals surface area contributed by atoms with Gasteiger partial charge in [0.1, 0.15) is 22.4 Å². The third kappa shape index (κ3) is 7.63. The molecule has 0 spiro atoms. The number of methoxy groups -OCH3 is 2. The monoisotopic (exact) mass is 793 g/mol. The number of nitrogens with zero attached hydrogens (tertiary/aromatic N) is 5. The molecule has 4 rings (SSSR count). The molecule has 1 aromatic carbocycles. The number of hydrogen-bond acceptors (Lipinski definition) is 11. The molecule has 0 fully saturated rings. The quantitative estimate of drug-likeness (QED) is 0.0744. The lowest BCUT2D eigenvalue weighted by Gasteiger charge is -2.27. The lowest BCUT2D eigenvalue weighted by molar-refractivity contribution is -0.142. The van der Waals surface area contributed by atoms with E-state index in [1.54, 1.807) is 60.7 Å². The zero-order valence-electron chi connectivity index (χ0n) is 22.3. The second-order valence-corrected chi connectivity index (χ2v) is 13.2. The molecule has 0 radical (unpaired) electrons. The second kappa shape index (κ2) is 15.4. The average Bonchev–Trinajstić information content (AvgIpc) is 3.66. The zero-order valence-corrected chi connectivity index (χ0v) is 28.4. The van der Waals surface area contributed by atoms with E-state index in [1.807, 2.05) is 27.1 Å². The molecule has 0 saturated carbocycles. The summed E-state index contributed by atoms with van der Waals surface area (Å²) in [5, 5.41) is 8.93. The fraction of sp³-hybridized carbons (Fsp3) is 0.308. The van der Waals surface area contributed by atoms with Crippen LogP contribution in [0.4, 0.5) is 5.95 Å². The van der Waals surface area contributed by atoms with Gasteiger partial charge in [-0.1, -0.05) is 26.6 Å². The summed E-state index contributed by atoms with van der Waals surface area (Å²) < 4.78 is 27.1. The van der Waals surface area contributed by atoms with Crippen molar-refractivity contribution in [2.45, 2.75) is 18.6 Å². The molecule has 3 aromatic heterocycles. The number of furan rings is 1. The fourth-order valence-electron chi connectivity index (χ4n) is 3.90. The Morgan fingerprint density at radius 1 is 1.22 bits per heavy atom. The first-order valence-electron chi connectivity index (χ1n) is 12.3. The van der Waals surface area contributed by atoms with Gasteiger partial charge in [-0.2, -0.15) is 0 Å². The molecule has 0 aliphatic rings. The van der Waals surface area contributed by atoms with Crippen molar-refractivity contribution >= 4 is 81.5 Å². The molecular formula is C26H26BrClIN5O5S2. The van der Waals surface area contributed by atoms with E-state index in [1.165, 1.54) is 11.9 Å². The van der Waals surface area contributed by atoms with E-state index >= 15 is 0 Å². The Labute approximate surface area is 271 Å². The highest BCUT2D eigenvalue weighted by Crippen LogP contribution is 2.40. The zero-order chi connectivity index (χ0) is 29.4. The van der Waals surface area contributed by atoms with E-state index < -0.39 is 5.25 Å². The van der Waals surface area contributed by atoms with E-state index in [4.69, 9.17) is 30.2 Å². The van der Waals surface area contributed by atoms with Crippen LogP contribution in [0.25, 0.3) is 17.3 Å². The maximum Gasteiger partial charge on any atom is 0.321 e. The van der Waals surface area contributed by atoms with Crippen molar-refractivity contribution in [3.8, 4) is 28.8 Å². The van der Waals surface area contributed by atoms with Crippen LogP contribution in [0, 0.1) is 0 Å². The van der Waals surface area contributed by atoms with Crippen molar-refractivity contribution < 1.29 is 23.4 Å². The number of benzene rings is 1. The molecule has 218 valence electrons. The van der Waals surface area contributed by atoms with Crippen LogP contribution in [0.2, 0.25) is 5.02 Å². The number of pyridine rings is 1. The van der Waals surface area contributed by atoms with E-state index in [9.17, 15) is 4.79 Å². The summed E-state index contributed by atoms with van der Waals surface area (Å²) in [6, 6.07) is 10.8. The SMILES string of the molecule is CCOC(=O)[C@@H](Cc1ncc(Cl)cc1Br)SN(CCSI)c1nnc(-c2ccco2)n1-c1c(OC)cccc1OC. The lowest BCUT2D eigenvalue weighted by Crippen LogP contribution is -2.31. The molecule has 0 amide bonds. The van der Waals surface area contributed by atoms with Gasteiger partial charge in [0.25, 0.3) is 0 Å². The minimum atomic E-state index is -0.657. The van der Waals surface area contributed by atoms with Gasteiger partial charge in [-0.15, -0.1) is 10.2 Å². The number of aromatic nitrogens is 4.